The van der Waals surface area contributed by atoms with Crippen molar-refractivity contribution < 1.29 is 13.9 Å². The van der Waals surface area contributed by atoms with Crippen molar-refractivity contribution in [3.63, 3.8) is 0 Å². The normalized spacial score (nSPS) is 12.5. The fraction of sp³-hybridized carbons (Fsp3) is 0.176. The molecule has 0 radical (unpaired) electrons. The smallest absolute Gasteiger partial charge is 0.279 e. The number of aliphatic hydroxyl groups excluding tert-OH is 1. The van der Waals surface area contributed by atoms with Crippen LogP contribution in [0.5, 0.6) is 0 Å². The number of aliphatic hydroxyl groups is 1. The van der Waals surface area contributed by atoms with Gasteiger partial charge in [0.05, 0.1) is 36.4 Å². The van der Waals surface area contributed by atoms with E-state index in [2.05, 4.69) is 19.9 Å². The third-order valence-corrected chi connectivity index (χ3v) is 3.26. The Morgan fingerprint density at radius 2 is 2.23 bits per heavy atom. The van der Waals surface area contributed by atoms with Gasteiger partial charge in [-0.3, -0.25) is 15.4 Å². The first-order valence-corrected chi connectivity index (χ1v) is 7.64. The number of allylic oxidation sites excluding steroid dienone is 2. The average molecular weight is 360 g/mol. The minimum Gasteiger partial charge on any atom is -0.404 e. The van der Waals surface area contributed by atoms with Crippen LogP contribution in [0.1, 0.15) is 11.5 Å². The van der Waals surface area contributed by atoms with Crippen LogP contribution in [0.15, 0.2) is 41.8 Å². The maximum absolute atomic E-state index is 12.3. The molecule has 9 heteroatoms. The summed E-state index contributed by atoms with van der Waals surface area (Å²) < 4.78 is 24.6. The summed E-state index contributed by atoms with van der Waals surface area (Å²) >= 11 is 0. The molecule has 0 fully saturated rings. The van der Waals surface area contributed by atoms with Crippen molar-refractivity contribution in [2.75, 3.05) is 13.2 Å². The number of halogens is 2. The van der Waals surface area contributed by atoms with Gasteiger partial charge in [0.1, 0.15) is 5.82 Å². The zero-order chi connectivity index (χ0) is 18.9. The minimum atomic E-state index is -2.82. The van der Waals surface area contributed by atoms with Gasteiger partial charge < -0.3 is 15.8 Å². The Morgan fingerprint density at radius 1 is 1.42 bits per heavy atom. The van der Waals surface area contributed by atoms with Gasteiger partial charge in [0.15, 0.2) is 0 Å². The molecule has 0 aliphatic rings. The second kappa shape index (κ2) is 9.33. The number of aromatic nitrogens is 3. The summed E-state index contributed by atoms with van der Waals surface area (Å²) in [5.41, 5.74) is 7.41. The zero-order valence-corrected chi connectivity index (χ0v) is 13.7. The summed E-state index contributed by atoms with van der Waals surface area (Å²) in [5.74, 6) is 0.350. The maximum atomic E-state index is 12.3. The van der Waals surface area contributed by atoms with E-state index in [9.17, 15) is 8.78 Å². The number of aromatic amines is 1. The van der Waals surface area contributed by atoms with Crippen LogP contribution in [-0.4, -0.2) is 51.6 Å². The van der Waals surface area contributed by atoms with Crippen LogP contribution in [0.3, 0.4) is 0 Å². The van der Waals surface area contributed by atoms with E-state index in [0.717, 1.165) is 11.6 Å². The molecule has 2 rings (SSSR count). The molecule has 2 heterocycles. The number of alkyl halides is 2. The molecule has 0 spiro atoms. The summed E-state index contributed by atoms with van der Waals surface area (Å²) in [4.78, 5) is 15.3. The monoisotopic (exact) mass is 360 g/mol. The van der Waals surface area contributed by atoms with Crippen LogP contribution in [0.4, 0.5) is 8.78 Å². The van der Waals surface area contributed by atoms with Gasteiger partial charge in [-0.2, -0.15) is 0 Å². The number of H-pyrrole nitrogens is 1. The highest BCUT2D eigenvalue weighted by Crippen LogP contribution is 2.20. The van der Waals surface area contributed by atoms with E-state index in [1.807, 2.05) is 0 Å². The van der Waals surface area contributed by atoms with Gasteiger partial charge in [0.25, 0.3) is 6.43 Å². The molecule has 0 aliphatic heterocycles. The first-order chi connectivity index (χ1) is 12.5. The molecule has 0 bridgehead atoms. The van der Waals surface area contributed by atoms with Crippen molar-refractivity contribution in [3.05, 3.63) is 48.3 Å². The molecular formula is C17H18F2N6O. The largest absolute Gasteiger partial charge is 0.404 e. The van der Waals surface area contributed by atoms with Crippen LogP contribution in [0, 0.1) is 5.41 Å². The Morgan fingerprint density at radius 3 is 2.92 bits per heavy atom. The summed E-state index contributed by atoms with van der Waals surface area (Å²) in [6, 6.07) is 3.52. The van der Waals surface area contributed by atoms with Gasteiger partial charge in [0, 0.05) is 29.7 Å². The summed E-state index contributed by atoms with van der Waals surface area (Å²) in [6.07, 6.45) is 5.53. The van der Waals surface area contributed by atoms with Gasteiger partial charge in [-0.25, -0.2) is 13.8 Å². The van der Waals surface area contributed by atoms with Gasteiger partial charge in [0.2, 0.25) is 0 Å². The van der Waals surface area contributed by atoms with Crippen molar-refractivity contribution >= 4 is 23.6 Å². The molecule has 0 unspecified atom stereocenters. The van der Waals surface area contributed by atoms with E-state index in [-0.39, 0.29) is 13.2 Å². The summed E-state index contributed by atoms with van der Waals surface area (Å²) in [6.45, 7) is 0.205. The quantitative estimate of drug-likeness (QED) is 0.538. The maximum Gasteiger partial charge on any atom is 0.279 e. The van der Waals surface area contributed by atoms with Crippen molar-refractivity contribution in [2.45, 2.75) is 6.43 Å². The van der Waals surface area contributed by atoms with Gasteiger partial charge in [-0.15, -0.1) is 0 Å². The average Bonchev–Trinajstić information content (AvgIpc) is 3.12. The van der Waals surface area contributed by atoms with E-state index in [0.29, 0.717) is 22.8 Å². The molecule has 5 N–H and O–H groups in total. The van der Waals surface area contributed by atoms with E-state index < -0.39 is 12.1 Å². The molecule has 2 aromatic rings. The fourth-order valence-electron chi connectivity index (χ4n) is 1.98. The number of pyridine rings is 1. The Hall–Kier alpha value is -3.20. The second-order valence-corrected chi connectivity index (χ2v) is 5.08. The third kappa shape index (κ3) is 5.15. The lowest BCUT2D eigenvalue weighted by Crippen LogP contribution is -2.03. The first-order valence-electron chi connectivity index (χ1n) is 7.64. The SMILES string of the molecule is N=C(/C=C\c1ncc(-c2ccnc(/C(C=NCCO)=C/N)c2)[nH]1)C(F)F. The fourth-order valence-corrected chi connectivity index (χ4v) is 1.98. The number of rotatable bonds is 8. The third-order valence-electron chi connectivity index (χ3n) is 3.26. The number of nitrogens with two attached hydrogens (primary N) is 1. The molecule has 26 heavy (non-hydrogen) atoms. The zero-order valence-electron chi connectivity index (χ0n) is 13.7. The van der Waals surface area contributed by atoms with E-state index in [1.165, 1.54) is 18.5 Å². The Kier molecular flexibility index (Phi) is 6.86. The number of hydrogen-bond donors (Lipinski definition) is 4. The minimum absolute atomic E-state index is 0.0602. The number of hydrogen-bond acceptors (Lipinski definition) is 6. The Labute approximate surface area is 148 Å². The standard InChI is InChI=1S/C17H18F2N6O/c18-17(19)13(21)1-2-16-24-10-15(25-16)11-3-4-23-14(7-11)12(8-20)9-22-5-6-26/h1-4,7-10,17,21,26H,5-6,20H2,(H,24,25)/b2-1-,12-8+,21-13?,22-9?. The predicted octanol–water partition coefficient (Wildman–Crippen LogP) is 2.13. The highest BCUT2D eigenvalue weighted by atomic mass is 19.3. The molecule has 0 saturated carbocycles. The van der Waals surface area contributed by atoms with Crippen LogP contribution in [0.2, 0.25) is 0 Å². The first kappa shape index (κ1) is 19.1. The topological polar surface area (TPSA) is 124 Å². The van der Waals surface area contributed by atoms with Crippen LogP contribution in [0.25, 0.3) is 22.9 Å². The molecule has 7 nitrogen and oxygen atoms in total. The number of imidazole rings is 1. The summed E-state index contributed by atoms with van der Waals surface area (Å²) in [7, 11) is 0. The molecule has 0 amide bonds. The van der Waals surface area contributed by atoms with Crippen molar-refractivity contribution in [2.24, 2.45) is 10.7 Å². The van der Waals surface area contributed by atoms with E-state index in [4.69, 9.17) is 16.2 Å². The number of aliphatic imine (C=N–C) groups is 1. The molecule has 136 valence electrons. The molecule has 0 aliphatic carbocycles. The molecule has 0 saturated heterocycles. The highest BCUT2D eigenvalue weighted by molar-refractivity contribution is 6.09. The lowest BCUT2D eigenvalue weighted by Gasteiger charge is -2.03. The van der Waals surface area contributed by atoms with Crippen LogP contribution in [-0.2, 0) is 0 Å². The molecule has 0 aromatic carbocycles. The van der Waals surface area contributed by atoms with Gasteiger partial charge >= 0.3 is 0 Å². The van der Waals surface area contributed by atoms with E-state index >= 15 is 0 Å². The molecular weight excluding hydrogens is 342 g/mol. The van der Waals surface area contributed by atoms with Crippen molar-refractivity contribution in [1.82, 2.24) is 15.0 Å². The van der Waals surface area contributed by atoms with Gasteiger partial charge in [-0.1, -0.05) is 0 Å². The second-order valence-electron chi connectivity index (χ2n) is 5.08. The van der Waals surface area contributed by atoms with Crippen molar-refractivity contribution in [3.8, 4) is 11.3 Å². The molecule has 2 aromatic heterocycles. The summed E-state index contributed by atoms with van der Waals surface area (Å²) in [5, 5.41) is 15.9. The predicted molar refractivity (Wildman–Crippen MR) is 97.2 cm³/mol. The lowest BCUT2D eigenvalue weighted by atomic mass is 10.1. The highest BCUT2D eigenvalue weighted by Gasteiger charge is 2.08. The van der Waals surface area contributed by atoms with Crippen LogP contribution >= 0.6 is 0 Å². The van der Waals surface area contributed by atoms with Gasteiger partial charge in [-0.05, 0) is 24.3 Å². The van der Waals surface area contributed by atoms with E-state index in [1.54, 1.807) is 24.5 Å². The van der Waals surface area contributed by atoms with Crippen molar-refractivity contribution in [1.29, 1.82) is 5.41 Å². The number of nitrogens with one attached hydrogen (secondary N) is 2. The van der Waals surface area contributed by atoms with Crippen LogP contribution < -0.4 is 5.73 Å². The Bertz CT molecular complexity index is 841. The Balaban J connectivity index is 2.21. The molecule has 0 atom stereocenters. The lowest BCUT2D eigenvalue weighted by molar-refractivity contribution is 0.226. The number of nitrogens with zero attached hydrogens (tertiary/aromatic N) is 3.